The third kappa shape index (κ3) is 2.48. The lowest BCUT2D eigenvalue weighted by Crippen LogP contribution is -2.61. The Morgan fingerprint density at radius 1 is 1.25 bits per heavy atom. The third-order valence-corrected chi connectivity index (χ3v) is 6.89. The standard InChI is InChI=1S/C21H29NO2/c1-2-3-4-10-22-11-9-21-8-7-17(24)14-19(21)20(22)12-15-5-6-16(23)13-18(15)21/h5-6,13,19-20,23H,2-4,7-12,14H2,1H3/t19-,20+,21-/m0/s1. The van der Waals surface area contributed by atoms with Crippen LogP contribution in [0, 0.1) is 5.92 Å². The summed E-state index contributed by atoms with van der Waals surface area (Å²) in [7, 11) is 0. The van der Waals surface area contributed by atoms with Gasteiger partial charge in [-0.3, -0.25) is 9.69 Å². The second-order valence-electron chi connectivity index (χ2n) is 8.11. The molecule has 3 atom stereocenters. The molecule has 1 aromatic rings. The Hall–Kier alpha value is -1.35. The van der Waals surface area contributed by atoms with Crippen molar-refractivity contribution in [2.24, 2.45) is 5.92 Å². The van der Waals surface area contributed by atoms with Gasteiger partial charge in [0.05, 0.1) is 0 Å². The minimum absolute atomic E-state index is 0.131. The molecule has 2 fully saturated rings. The van der Waals surface area contributed by atoms with Gasteiger partial charge in [-0.25, -0.2) is 0 Å². The maximum Gasteiger partial charge on any atom is 0.133 e. The highest BCUT2D eigenvalue weighted by molar-refractivity contribution is 5.80. The van der Waals surface area contributed by atoms with Crippen LogP contribution in [0.3, 0.4) is 0 Å². The van der Waals surface area contributed by atoms with Gasteiger partial charge >= 0.3 is 0 Å². The molecule has 4 rings (SSSR count). The molecule has 1 saturated heterocycles. The van der Waals surface area contributed by atoms with E-state index in [9.17, 15) is 9.90 Å². The summed E-state index contributed by atoms with van der Waals surface area (Å²) in [5.74, 6) is 1.27. The van der Waals surface area contributed by atoms with Crippen molar-refractivity contribution >= 4 is 5.78 Å². The molecule has 1 aromatic carbocycles. The molecule has 3 nitrogen and oxygen atoms in total. The van der Waals surface area contributed by atoms with Crippen molar-refractivity contribution in [2.75, 3.05) is 13.1 Å². The number of benzene rings is 1. The molecule has 0 spiro atoms. The summed E-state index contributed by atoms with van der Waals surface area (Å²) < 4.78 is 0. The summed E-state index contributed by atoms with van der Waals surface area (Å²) in [4.78, 5) is 14.9. The average molecular weight is 327 g/mol. The van der Waals surface area contributed by atoms with Crippen LogP contribution in [-0.2, 0) is 16.6 Å². The van der Waals surface area contributed by atoms with Gasteiger partial charge in [0.2, 0.25) is 0 Å². The normalized spacial score (nSPS) is 32.3. The quantitative estimate of drug-likeness (QED) is 0.855. The van der Waals surface area contributed by atoms with Crippen LogP contribution in [-0.4, -0.2) is 34.9 Å². The van der Waals surface area contributed by atoms with Crippen LogP contribution in [0.2, 0.25) is 0 Å². The summed E-state index contributed by atoms with van der Waals surface area (Å²) >= 11 is 0. The van der Waals surface area contributed by atoms with E-state index in [1.807, 2.05) is 12.1 Å². The number of nitrogens with zero attached hydrogens (tertiary/aromatic N) is 1. The highest BCUT2D eigenvalue weighted by Crippen LogP contribution is 2.55. The highest BCUT2D eigenvalue weighted by Gasteiger charge is 2.55. The zero-order valence-electron chi connectivity index (χ0n) is 14.8. The van der Waals surface area contributed by atoms with Crippen molar-refractivity contribution in [3.63, 3.8) is 0 Å². The number of carbonyl (C=O) groups is 1. The van der Waals surface area contributed by atoms with Crippen LogP contribution in [0.5, 0.6) is 5.75 Å². The van der Waals surface area contributed by atoms with Gasteiger partial charge in [0.1, 0.15) is 11.5 Å². The fourth-order valence-electron chi connectivity index (χ4n) is 5.68. The van der Waals surface area contributed by atoms with E-state index in [0.29, 0.717) is 29.9 Å². The lowest BCUT2D eigenvalue weighted by atomic mass is 9.52. The molecular weight excluding hydrogens is 298 g/mol. The first-order valence-corrected chi connectivity index (χ1v) is 9.72. The van der Waals surface area contributed by atoms with Crippen molar-refractivity contribution < 1.29 is 9.90 Å². The van der Waals surface area contributed by atoms with Crippen LogP contribution in [0.15, 0.2) is 18.2 Å². The number of phenolic OH excluding ortho intramolecular Hbond substituents is 1. The molecule has 0 amide bonds. The number of Topliss-reactive ketones (excluding diaryl/α,β-unsaturated/α-hetero) is 1. The molecule has 1 heterocycles. The number of phenols is 1. The number of ketones is 1. The van der Waals surface area contributed by atoms with E-state index < -0.39 is 0 Å². The van der Waals surface area contributed by atoms with Crippen molar-refractivity contribution in [1.29, 1.82) is 0 Å². The number of hydrogen-bond donors (Lipinski definition) is 1. The number of aromatic hydroxyl groups is 1. The van der Waals surface area contributed by atoms with Gasteiger partial charge in [0.25, 0.3) is 0 Å². The van der Waals surface area contributed by atoms with E-state index in [-0.39, 0.29) is 5.41 Å². The summed E-state index contributed by atoms with van der Waals surface area (Å²) in [5, 5.41) is 10.0. The Balaban J connectivity index is 1.70. The Bertz CT molecular complexity index is 641. The summed E-state index contributed by atoms with van der Waals surface area (Å²) in [6, 6.07) is 6.47. The smallest absolute Gasteiger partial charge is 0.133 e. The van der Waals surface area contributed by atoms with Crippen molar-refractivity contribution in [2.45, 2.75) is 69.7 Å². The molecule has 0 radical (unpaired) electrons. The maximum atomic E-state index is 12.2. The van der Waals surface area contributed by atoms with E-state index in [0.717, 1.165) is 32.2 Å². The maximum absolute atomic E-state index is 12.2. The minimum Gasteiger partial charge on any atom is -0.508 e. The fraction of sp³-hybridized carbons (Fsp3) is 0.667. The van der Waals surface area contributed by atoms with Gasteiger partial charge in [-0.1, -0.05) is 25.8 Å². The van der Waals surface area contributed by atoms with E-state index in [1.165, 1.54) is 36.9 Å². The monoisotopic (exact) mass is 327 g/mol. The van der Waals surface area contributed by atoms with Crippen LogP contribution >= 0.6 is 0 Å². The predicted molar refractivity (Wildman–Crippen MR) is 95.3 cm³/mol. The van der Waals surface area contributed by atoms with Crippen LogP contribution in [0.1, 0.15) is 63.0 Å². The summed E-state index contributed by atoms with van der Waals surface area (Å²) in [6.45, 7) is 4.57. The second-order valence-corrected chi connectivity index (χ2v) is 8.11. The number of piperidine rings is 1. The van der Waals surface area contributed by atoms with Crippen molar-refractivity contribution in [1.82, 2.24) is 4.90 Å². The molecular formula is C21H29NO2. The minimum atomic E-state index is 0.131. The number of hydrogen-bond acceptors (Lipinski definition) is 3. The lowest BCUT2D eigenvalue weighted by Gasteiger charge is -2.58. The van der Waals surface area contributed by atoms with E-state index in [4.69, 9.17) is 0 Å². The number of unbranched alkanes of at least 4 members (excludes halogenated alkanes) is 2. The Morgan fingerprint density at radius 2 is 2.12 bits per heavy atom. The third-order valence-electron chi connectivity index (χ3n) is 6.89. The molecule has 24 heavy (non-hydrogen) atoms. The molecule has 3 heteroatoms. The molecule has 0 aromatic heterocycles. The zero-order valence-corrected chi connectivity index (χ0v) is 14.8. The highest BCUT2D eigenvalue weighted by atomic mass is 16.3. The topological polar surface area (TPSA) is 40.5 Å². The molecule has 2 bridgehead atoms. The number of rotatable bonds is 4. The Kier molecular flexibility index (Phi) is 4.16. The SMILES string of the molecule is CCCCCN1CC[C@]23CCC(=O)C[C@H]2[C@H]1Cc1ccc(O)cc13. The van der Waals surface area contributed by atoms with E-state index >= 15 is 0 Å². The van der Waals surface area contributed by atoms with Gasteiger partial charge in [-0.05, 0) is 68.0 Å². The predicted octanol–water partition coefficient (Wildman–Crippen LogP) is 3.82. The number of fused-ring (bicyclic) bond motifs is 1. The number of likely N-dealkylation sites (tertiary alicyclic amines) is 1. The zero-order chi connectivity index (χ0) is 16.7. The van der Waals surface area contributed by atoms with Gasteiger partial charge in [-0.15, -0.1) is 0 Å². The average Bonchev–Trinajstić information content (AvgIpc) is 2.57. The van der Waals surface area contributed by atoms with Crippen molar-refractivity contribution in [3.8, 4) is 5.75 Å². The van der Waals surface area contributed by atoms with Crippen LogP contribution in [0.25, 0.3) is 0 Å². The molecule has 1 aliphatic heterocycles. The first-order valence-electron chi connectivity index (χ1n) is 9.72. The van der Waals surface area contributed by atoms with Crippen LogP contribution < -0.4 is 0 Å². The Labute approximate surface area is 145 Å². The molecule has 3 aliphatic rings. The van der Waals surface area contributed by atoms with E-state index in [2.05, 4.69) is 17.9 Å². The Morgan fingerprint density at radius 3 is 2.96 bits per heavy atom. The fourth-order valence-corrected chi connectivity index (χ4v) is 5.68. The first kappa shape index (κ1) is 16.1. The number of carbonyl (C=O) groups excluding carboxylic acids is 1. The van der Waals surface area contributed by atoms with Gasteiger partial charge in [0, 0.05) is 24.3 Å². The van der Waals surface area contributed by atoms with Gasteiger partial charge in [-0.2, -0.15) is 0 Å². The first-order chi connectivity index (χ1) is 11.6. The summed E-state index contributed by atoms with van der Waals surface area (Å²) in [6.07, 6.45) is 8.44. The molecule has 1 saturated carbocycles. The van der Waals surface area contributed by atoms with Gasteiger partial charge < -0.3 is 5.11 Å². The van der Waals surface area contributed by atoms with Crippen molar-refractivity contribution in [3.05, 3.63) is 29.3 Å². The molecule has 0 unspecified atom stereocenters. The largest absolute Gasteiger partial charge is 0.508 e. The summed E-state index contributed by atoms with van der Waals surface area (Å²) in [5.41, 5.74) is 2.89. The second kappa shape index (κ2) is 6.18. The lowest BCUT2D eigenvalue weighted by molar-refractivity contribution is -0.127. The molecule has 130 valence electrons. The van der Waals surface area contributed by atoms with E-state index in [1.54, 1.807) is 0 Å². The van der Waals surface area contributed by atoms with Crippen LogP contribution in [0.4, 0.5) is 0 Å². The molecule has 1 N–H and O–H groups in total. The molecule has 2 aliphatic carbocycles. The van der Waals surface area contributed by atoms with Gasteiger partial charge in [0.15, 0.2) is 0 Å².